The Morgan fingerprint density at radius 1 is 1.07 bits per heavy atom. The van der Waals surface area contributed by atoms with Gasteiger partial charge in [-0.3, -0.25) is 18.9 Å². The maximum absolute atomic E-state index is 13.6. The number of imidazole rings is 2. The van der Waals surface area contributed by atoms with Gasteiger partial charge in [-0.1, -0.05) is 0 Å². The number of ether oxygens (including phenoxy) is 2. The van der Waals surface area contributed by atoms with E-state index in [9.17, 15) is 34.7 Å². The van der Waals surface area contributed by atoms with E-state index in [0.29, 0.717) is 0 Å². The molecule has 0 radical (unpaired) electrons. The molecule has 6 heterocycles. The zero-order valence-electron chi connectivity index (χ0n) is 20.8. The van der Waals surface area contributed by atoms with E-state index in [-0.39, 0.29) is 34.3 Å². The minimum atomic E-state index is -4.88. The summed E-state index contributed by atoms with van der Waals surface area (Å²) in [4.78, 5) is 41.4. The molecule has 41 heavy (non-hydrogen) atoms. The normalized spacial score (nSPS) is 31.7. The summed E-state index contributed by atoms with van der Waals surface area (Å²) in [6, 6.07) is 0. The Labute approximate surface area is 227 Å². The number of nitrogens with two attached hydrogens (primary N) is 2. The lowest BCUT2D eigenvalue weighted by molar-refractivity contribution is -0.0435. The number of aliphatic hydroxyl groups is 4. The average Bonchev–Trinajstić information content (AvgIpc) is 3.68. The van der Waals surface area contributed by atoms with E-state index >= 15 is 0 Å². The van der Waals surface area contributed by atoms with Crippen LogP contribution in [-0.2, 0) is 18.6 Å². The summed E-state index contributed by atoms with van der Waals surface area (Å²) < 4.78 is 32.7. The van der Waals surface area contributed by atoms with Crippen LogP contribution in [0, 0.1) is 0 Å². The van der Waals surface area contributed by atoms with Gasteiger partial charge in [0.05, 0.1) is 31.4 Å². The van der Waals surface area contributed by atoms with Gasteiger partial charge in [0.15, 0.2) is 28.9 Å². The summed E-state index contributed by atoms with van der Waals surface area (Å²) in [5.74, 6) is -0.191. The number of nitrogens with zero attached hydrogens (tertiary/aromatic N) is 7. The maximum Gasteiger partial charge on any atom is 0.338 e. The van der Waals surface area contributed by atoms with E-state index < -0.39 is 74.9 Å². The van der Waals surface area contributed by atoms with Gasteiger partial charge >= 0.3 is 7.60 Å². The van der Waals surface area contributed by atoms with Crippen LogP contribution in [0.1, 0.15) is 18.0 Å². The molecule has 2 aliphatic rings. The van der Waals surface area contributed by atoms with E-state index in [1.54, 1.807) is 0 Å². The molecule has 2 saturated heterocycles. The summed E-state index contributed by atoms with van der Waals surface area (Å²) >= 11 is 0. The lowest BCUT2D eigenvalue weighted by atomic mass is 10.1. The molecule has 2 aliphatic heterocycles. The van der Waals surface area contributed by atoms with Gasteiger partial charge in [0.25, 0.3) is 5.56 Å². The van der Waals surface area contributed by atoms with Crippen molar-refractivity contribution in [2.45, 2.75) is 48.5 Å². The number of hydrogen-bond donors (Lipinski definition) is 8. The third-order valence-electron chi connectivity index (χ3n) is 7.05. The number of anilines is 2. The molecule has 220 valence electrons. The van der Waals surface area contributed by atoms with Gasteiger partial charge in [-0.05, 0) is 0 Å². The van der Waals surface area contributed by atoms with E-state index in [1.165, 1.54) is 17.0 Å². The van der Waals surface area contributed by atoms with Gasteiger partial charge in [0.2, 0.25) is 5.95 Å². The number of aromatic amines is 1. The minimum absolute atomic E-state index is 0.0710. The van der Waals surface area contributed by atoms with Crippen molar-refractivity contribution in [3.8, 4) is 0 Å². The lowest BCUT2D eigenvalue weighted by Crippen LogP contribution is -2.36. The largest absolute Gasteiger partial charge is 0.394 e. The van der Waals surface area contributed by atoms with Crippen LogP contribution in [-0.4, -0.2) is 114 Å². The Bertz CT molecular complexity index is 1710. The van der Waals surface area contributed by atoms with Crippen LogP contribution in [0.15, 0.2) is 23.6 Å². The van der Waals surface area contributed by atoms with Crippen molar-refractivity contribution in [1.29, 1.82) is 0 Å². The Balaban J connectivity index is 1.25. The fraction of sp³-hybridized carbons (Fsp3) is 0.500. The predicted octanol–water partition coefficient (Wildman–Crippen LogP) is -3.60. The summed E-state index contributed by atoms with van der Waals surface area (Å²) in [6.45, 7) is -1.42. The molecular weight excluding hydrogens is 571 g/mol. The summed E-state index contributed by atoms with van der Waals surface area (Å²) in [7, 11) is -4.88. The first-order chi connectivity index (χ1) is 19.5. The second kappa shape index (κ2) is 10.0. The van der Waals surface area contributed by atoms with Crippen LogP contribution in [0.5, 0.6) is 0 Å². The highest BCUT2D eigenvalue weighted by molar-refractivity contribution is 7.53. The summed E-state index contributed by atoms with van der Waals surface area (Å²) in [5.41, 5.74) is 9.20. The molecule has 4 aromatic heterocycles. The van der Waals surface area contributed by atoms with Gasteiger partial charge in [0, 0.05) is 0 Å². The molecule has 10 N–H and O–H groups in total. The average molecular weight is 596 g/mol. The van der Waals surface area contributed by atoms with E-state index in [0.717, 1.165) is 10.9 Å². The van der Waals surface area contributed by atoms with Crippen molar-refractivity contribution in [3.63, 3.8) is 0 Å². The van der Waals surface area contributed by atoms with Crippen molar-refractivity contribution in [1.82, 2.24) is 39.1 Å². The van der Waals surface area contributed by atoms with Gasteiger partial charge < -0.3 is 50.8 Å². The molecule has 20 nitrogen and oxygen atoms in total. The zero-order chi connectivity index (χ0) is 29.2. The smallest absolute Gasteiger partial charge is 0.338 e. The number of aliphatic hydroxyl groups excluding tert-OH is 4. The molecule has 0 aromatic carbocycles. The standard InChI is InChI=1S/C20H25N10O10P/c21-15-17-23-1-6(30(17)26-4-24-15)13-12(34)10(32)8(39-13)3-38-41(36,37)14-11(33)7(2-31)40-19(14)29-5-25-9-16(29)27-20(22)28-18(9)35/h1,4-5,7-8,10-14,19,31-34H,2-3H2,(H,36,37)(H2,21,24,26)(H3,22,27,28,35)/t7-,8?,10-,11-,12-,13+,14-,19-/m1/s1. The quantitative estimate of drug-likeness (QED) is 0.0955. The van der Waals surface area contributed by atoms with Crippen molar-refractivity contribution in [3.05, 3.63) is 34.9 Å². The number of H-pyrrole nitrogens is 1. The third kappa shape index (κ3) is 4.45. The van der Waals surface area contributed by atoms with Crippen LogP contribution in [0.4, 0.5) is 11.8 Å². The molecule has 21 heteroatoms. The number of nitrogen functional groups attached to an aromatic ring is 2. The van der Waals surface area contributed by atoms with Crippen LogP contribution < -0.4 is 17.0 Å². The Kier molecular flexibility index (Phi) is 6.76. The maximum atomic E-state index is 13.6. The highest BCUT2D eigenvalue weighted by atomic mass is 31.2. The van der Waals surface area contributed by atoms with Crippen LogP contribution >= 0.6 is 7.60 Å². The first-order valence-electron chi connectivity index (χ1n) is 12.1. The predicted molar refractivity (Wildman–Crippen MR) is 134 cm³/mol. The molecular formula is C20H25N10O10P. The molecule has 6 rings (SSSR count). The highest BCUT2D eigenvalue weighted by Crippen LogP contribution is 2.57. The van der Waals surface area contributed by atoms with Gasteiger partial charge in [-0.2, -0.15) is 10.1 Å². The molecule has 9 atom stereocenters. The van der Waals surface area contributed by atoms with Crippen molar-refractivity contribution in [2.75, 3.05) is 24.7 Å². The summed E-state index contributed by atoms with van der Waals surface area (Å²) in [6.07, 6.45) is -6.44. The fourth-order valence-electron chi connectivity index (χ4n) is 5.04. The Hall–Kier alpha value is -3.59. The number of nitrogens with one attached hydrogen (secondary N) is 1. The molecule has 0 aliphatic carbocycles. The first-order valence-corrected chi connectivity index (χ1v) is 13.8. The summed E-state index contributed by atoms with van der Waals surface area (Å²) in [5, 5.41) is 45.8. The monoisotopic (exact) mass is 596 g/mol. The number of hydrogen-bond acceptors (Lipinski definition) is 16. The van der Waals surface area contributed by atoms with Gasteiger partial charge in [-0.25, -0.2) is 19.5 Å². The van der Waals surface area contributed by atoms with Crippen LogP contribution in [0.2, 0.25) is 0 Å². The highest BCUT2D eigenvalue weighted by Gasteiger charge is 2.56. The Morgan fingerprint density at radius 2 is 1.85 bits per heavy atom. The SMILES string of the molecule is Nc1nc2c(ncn2[C@@H]2O[C@H](CO)[C@@H](O)[C@H]2P(=O)(O)OCC2O[C@@H](c3cnc4c(N)ncnn34)[C@H](O)[C@@H]2O)c(=O)[nH]1. The molecule has 0 saturated carbocycles. The zero-order valence-corrected chi connectivity index (χ0v) is 21.7. The van der Waals surface area contributed by atoms with Crippen molar-refractivity contribution in [2.24, 2.45) is 0 Å². The van der Waals surface area contributed by atoms with Crippen molar-refractivity contribution < 1.29 is 43.9 Å². The number of rotatable bonds is 7. The van der Waals surface area contributed by atoms with Gasteiger partial charge in [-0.15, -0.1) is 0 Å². The molecule has 4 aromatic rings. The second-order valence-electron chi connectivity index (χ2n) is 9.50. The van der Waals surface area contributed by atoms with Crippen molar-refractivity contribution >= 4 is 36.2 Å². The molecule has 2 fully saturated rings. The minimum Gasteiger partial charge on any atom is -0.394 e. The molecule has 2 unspecified atom stereocenters. The van der Waals surface area contributed by atoms with Gasteiger partial charge in [0.1, 0.15) is 48.6 Å². The number of aromatic nitrogens is 8. The Morgan fingerprint density at radius 3 is 2.61 bits per heavy atom. The van der Waals surface area contributed by atoms with E-state index in [2.05, 4.69) is 30.0 Å². The van der Waals surface area contributed by atoms with Crippen LogP contribution in [0.3, 0.4) is 0 Å². The topological polar surface area (TPSA) is 305 Å². The van der Waals surface area contributed by atoms with E-state index in [1.807, 2.05) is 0 Å². The number of fused-ring (bicyclic) bond motifs is 2. The second-order valence-corrected chi connectivity index (χ2v) is 11.5. The molecule has 0 spiro atoms. The first kappa shape index (κ1) is 27.6. The third-order valence-corrected chi connectivity index (χ3v) is 8.89. The van der Waals surface area contributed by atoms with E-state index in [4.69, 9.17) is 25.5 Å². The molecule has 0 amide bonds. The lowest BCUT2D eigenvalue weighted by Gasteiger charge is -2.27. The molecule has 0 bridgehead atoms. The van der Waals surface area contributed by atoms with Crippen LogP contribution in [0.25, 0.3) is 16.8 Å². The fourth-order valence-corrected chi connectivity index (χ4v) is 6.68.